The molecule has 5 rings (SSSR count). The summed E-state index contributed by atoms with van der Waals surface area (Å²) < 4.78 is 6.24. The van der Waals surface area contributed by atoms with E-state index in [0.717, 1.165) is 22.6 Å². The zero-order chi connectivity index (χ0) is 20.0. The maximum atomic E-state index is 11.2. The van der Waals surface area contributed by atoms with E-state index in [2.05, 4.69) is 0 Å². The number of rotatable bonds is 3. The van der Waals surface area contributed by atoms with E-state index < -0.39 is 11.2 Å². The number of benzene rings is 3. The fourth-order valence-corrected chi connectivity index (χ4v) is 4.15. The summed E-state index contributed by atoms with van der Waals surface area (Å²) in [4.78, 5) is 10.8. The first kappa shape index (κ1) is 17.7. The zero-order valence-corrected chi connectivity index (χ0v) is 16.0. The molecule has 0 saturated carbocycles. The van der Waals surface area contributed by atoms with E-state index in [-0.39, 0.29) is 11.7 Å². The quantitative estimate of drug-likeness (QED) is 0.426. The number of non-ortho nitro benzene ring substituents is 1. The van der Waals surface area contributed by atoms with Crippen molar-refractivity contribution in [3.05, 3.63) is 105 Å². The van der Waals surface area contributed by atoms with E-state index >= 15 is 0 Å². The first-order chi connectivity index (χ1) is 14.1. The van der Waals surface area contributed by atoms with Crippen molar-refractivity contribution in [2.75, 3.05) is 0 Å². The molecule has 0 spiro atoms. The Balaban J connectivity index is 1.61. The third-order valence-electron chi connectivity index (χ3n) is 5.25. The van der Waals surface area contributed by atoms with Crippen molar-refractivity contribution in [2.24, 2.45) is 5.10 Å². The molecule has 2 heterocycles. The highest BCUT2D eigenvalue weighted by Gasteiger charge is 2.41. The summed E-state index contributed by atoms with van der Waals surface area (Å²) in [7, 11) is 0. The molecule has 2 aliphatic heterocycles. The zero-order valence-electron chi connectivity index (χ0n) is 15.2. The number of nitro benzene ring substituents is 1. The Morgan fingerprint density at radius 3 is 2.69 bits per heavy atom. The lowest BCUT2D eigenvalue weighted by Crippen LogP contribution is -2.33. The second-order valence-corrected chi connectivity index (χ2v) is 7.39. The fraction of sp³-hybridized carbons (Fsp3) is 0.136. The van der Waals surface area contributed by atoms with Crippen molar-refractivity contribution in [2.45, 2.75) is 18.7 Å². The van der Waals surface area contributed by atoms with E-state index in [1.165, 1.54) is 6.07 Å². The number of hydrogen-bond donors (Lipinski definition) is 0. The largest absolute Gasteiger partial charge is 0.464 e. The number of hydrogen-bond acceptors (Lipinski definition) is 5. The molecule has 0 fully saturated rings. The summed E-state index contributed by atoms with van der Waals surface area (Å²) in [5.41, 5.74) is 3.51. The highest BCUT2D eigenvalue weighted by Crippen LogP contribution is 2.47. The van der Waals surface area contributed by atoms with E-state index in [9.17, 15) is 10.1 Å². The molecule has 7 heteroatoms. The maximum absolute atomic E-state index is 11.2. The van der Waals surface area contributed by atoms with Crippen LogP contribution in [0.1, 0.15) is 35.4 Å². The molecule has 6 nitrogen and oxygen atoms in total. The molecule has 0 N–H and O–H groups in total. The van der Waals surface area contributed by atoms with Crippen LogP contribution in [-0.2, 0) is 0 Å². The van der Waals surface area contributed by atoms with Crippen molar-refractivity contribution in [3.63, 3.8) is 0 Å². The molecule has 2 atom stereocenters. The molecule has 3 aromatic carbocycles. The van der Waals surface area contributed by atoms with Crippen molar-refractivity contribution < 1.29 is 9.66 Å². The molecule has 0 bridgehead atoms. The van der Waals surface area contributed by atoms with Gasteiger partial charge < -0.3 is 4.74 Å². The normalized spacial score (nSPS) is 19.8. The van der Waals surface area contributed by atoms with Gasteiger partial charge in [-0.25, -0.2) is 5.01 Å². The van der Waals surface area contributed by atoms with E-state index in [4.69, 9.17) is 21.4 Å². The number of ether oxygens (including phenoxy) is 1. The van der Waals surface area contributed by atoms with Gasteiger partial charge in [-0.2, -0.15) is 5.10 Å². The first-order valence-corrected chi connectivity index (χ1v) is 9.60. The SMILES string of the molecule is O=[N+]([O-])c1cccc(C2Oc3ccccc3C3CC(c4ccccc4Cl)=NN32)c1. The Kier molecular flexibility index (Phi) is 4.21. The lowest BCUT2D eigenvalue weighted by atomic mass is 9.96. The van der Waals surface area contributed by atoms with Crippen molar-refractivity contribution in [1.82, 2.24) is 5.01 Å². The summed E-state index contributed by atoms with van der Waals surface area (Å²) in [5.74, 6) is 0.765. The summed E-state index contributed by atoms with van der Waals surface area (Å²) >= 11 is 6.41. The third kappa shape index (κ3) is 3.02. The van der Waals surface area contributed by atoms with Crippen LogP contribution in [0.3, 0.4) is 0 Å². The Hall–Kier alpha value is -3.38. The number of nitrogens with zero attached hydrogens (tertiary/aromatic N) is 3. The van der Waals surface area contributed by atoms with Crippen LogP contribution in [0.15, 0.2) is 77.9 Å². The third-order valence-corrected chi connectivity index (χ3v) is 5.58. The number of fused-ring (bicyclic) bond motifs is 3. The molecule has 2 unspecified atom stereocenters. The number of para-hydroxylation sites is 1. The van der Waals surface area contributed by atoms with Gasteiger partial charge in [-0.05, 0) is 12.1 Å². The highest BCUT2D eigenvalue weighted by atomic mass is 35.5. The summed E-state index contributed by atoms with van der Waals surface area (Å²) in [6, 6.07) is 21.9. The van der Waals surface area contributed by atoms with Gasteiger partial charge in [0.05, 0.1) is 16.7 Å². The molecule has 29 heavy (non-hydrogen) atoms. The van der Waals surface area contributed by atoms with E-state index in [0.29, 0.717) is 17.0 Å². The van der Waals surface area contributed by atoms with Gasteiger partial charge in [-0.1, -0.05) is 60.1 Å². The minimum atomic E-state index is -0.560. The van der Waals surface area contributed by atoms with Gasteiger partial charge in [-0.15, -0.1) is 0 Å². The van der Waals surface area contributed by atoms with Crippen molar-refractivity contribution in [3.8, 4) is 5.75 Å². The smallest absolute Gasteiger partial charge is 0.269 e. The van der Waals surface area contributed by atoms with Crippen LogP contribution in [-0.4, -0.2) is 15.6 Å². The average molecular weight is 406 g/mol. The Bertz CT molecular complexity index is 1150. The van der Waals surface area contributed by atoms with E-state index in [1.807, 2.05) is 59.6 Å². The lowest BCUT2D eigenvalue weighted by molar-refractivity contribution is -0.385. The van der Waals surface area contributed by atoms with Crippen LogP contribution >= 0.6 is 11.6 Å². The highest BCUT2D eigenvalue weighted by molar-refractivity contribution is 6.34. The van der Waals surface area contributed by atoms with Gasteiger partial charge in [0.25, 0.3) is 5.69 Å². The second kappa shape index (κ2) is 6.90. The van der Waals surface area contributed by atoms with Gasteiger partial charge in [-0.3, -0.25) is 10.1 Å². The number of halogens is 1. The Labute approximate surface area is 172 Å². The van der Waals surface area contributed by atoms with Crippen LogP contribution in [0.4, 0.5) is 5.69 Å². The minimum absolute atomic E-state index is 0.0241. The molecule has 0 radical (unpaired) electrons. The predicted octanol–water partition coefficient (Wildman–Crippen LogP) is 5.49. The van der Waals surface area contributed by atoms with Crippen molar-refractivity contribution >= 4 is 23.0 Å². The fourth-order valence-electron chi connectivity index (χ4n) is 3.90. The predicted molar refractivity (Wildman–Crippen MR) is 110 cm³/mol. The van der Waals surface area contributed by atoms with Gasteiger partial charge >= 0.3 is 0 Å². The summed E-state index contributed by atoms with van der Waals surface area (Å²) in [5, 5.41) is 18.6. The summed E-state index contributed by atoms with van der Waals surface area (Å²) in [6.45, 7) is 0. The number of nitro groups is 1. The Morgan fingerprint density at radius 1 is 1.07 bits per heavy atom. The van der Waals surface area contributed by atoms with Crippen LogP contribution in [0.5, 0.6) is 5.75 Å². The second-order valence-electron chi connectivity index (χ2n) is 6.99. The van der Waals surface area contributed by atoms with Gasteiger partial charge in [0.2, 0.25) is 6.23 Å². The number of hydrazone groups is 1. The minimum Gasteiger partial charge on any atom is -0.464 e. The van der Waals surface area contributed by atoms with Gasteiger partial charge in [0, 0.05) is 40.3 Å². The monoisotopic (exact) mass is 405 g/mol. The molecule has 0 aliphatic carbocycles. The molecule has 0 amide bonds. The van der Waals surface area contributed by atoms with Crippen molar-refractivity contribution in [1.29, 1.82) is 0 Å². The molecule has 0 aromatic heterocycles. The van der Waals surface area contributed by atoms with E-state index in [1.54, 1.807) is 12.1 Å². The molecule has 2 aliphatic rings. The molecular formula is C22H16ClN3O3. The average Bonchev–Trinajstić information content (AvgIpc) is 3.19. The maximum Gasteiger partial charge on any atom is 0.269 e. The first-order valence-electron chi connectivity index (χ1n) is 9.22. The van der Waals surface area contributed by atoms with Crippen LogP contribution < -0.4 is 4.74 Å². The van der Waals surface area contributed by atoms with Crippen LogP contribution in [0.2, 0.25) is 5.02 Å². The molecule has 144 valence electrons. The van der Waals surface area contributed by atoms with Crippen LogP contribution in [0, 0.1) is 10.1 Å². The van der Waals surface area contributed by atoms with Crippen LogP contribution in [0.25, 0.3) is 0 Å². The molecular weight excluding hydrogens is 390 g/mol. The molecule has 0 saturated heterocycles. The molecule has 3 aromatic rings. The standard InChI is InChI=1S/C22H16ClN3O3/c23-18-10-3-1-8-16(18)19-13-20-17-9-2-4-11-21(17)29-22(25(20)24-19)14-6-5-7-15(12-14)26(27)28/h1-12,20,22H,13H2. The topological polar surface area (TPSA) is 68.0 Å². The van der Waals surface area contributed by atoms with Gasteiger partial charge in [0.1, 0.15) is 5.75 Å². The van der Waals surface area contributed by atoms with Gasteiger partial charge in [0.15, 0.2) is 0 Å². The lowest BCUT2D eigenvalue weighted by Gasteiger charge is -2.38. The summed E-state index contributed by atoms with van der Waals surface area (Å²) in [6.07, 6.45) is 0.116. The Morgan fingerprint density at radius 2 is 1.86 bits per heavy atom.